The molecule has 2 aromatic carbocycles. The predicted molar refractivity (Wildman–Crippen MR) is 87.6 cm³/mol. The zero-order valence-corrected chi connectivity index (χ0v) is 12.4. The maximum absolute atomic E-state index is 5.83. The Morgan fingerprint density at radius 3 is 2.43 bits per heavy atom. The van der Waals surface area contributed by atoms with Crippen molar-refractivity contribution in [1.82, 2.24) is 5.32 Å². The van der Waals surface area contributed by atoms with Crippen LogP contribution >= 0.6 is 0 Å². The van der Waals surface area contributed by atoms with Crippen LogP contribution in [-0.2, 0) is 0 Å². The highest BCUT2D eigenvalue weighted by Crippen LogP contribution is 2.22. The Balaban J connectivity index is 1.46. The van der Waals surface area contributed by atoms with E-state index in [2.05, 4.69) is 53.8 Å². The van der Waals surface area contributed by atoms with E-state index in [1.165, 1.54) is 36.9 Å². The number of hydrogen-bond acceptors (Lipinski definition) is 2. The zero-order chi connectivity index (χ0) is 14.3. The van der Waals surface area contributed by atoms with Crippen molar-refractivity contribution in [2.45, 2.75) is 31.7 Å². The molecule has 1 aliphatic rings. The molecule has 0 saturated carbocycles. The number of benzene rings is 2. The van der Waals surface area contributed by atoms with Gasteiger partial charge in [0.1, 0.15) is 5.75 Å². The van der Waals surface area contributed by atoms with Crippen LogP contribution in [0.3, 0.4) is 0 Å². The summed E-state index contributed by atoms with van der Waals surface area (Å²) in [5.74, 6) is 0.967. The highest BCUT2D eigenvalue weighted by molar-refractivity contribution is 5.63. The molecule has 1 aliphatic heterocycles. The summed E-state index contributed by atoms with van der Waals surface area (Å²) < 4.78 is 5.83. The second kappa shape index (κ2) is 7.28. The minimum Gasteiger partial charge on any atom is -0.494 e. The molecule has 1 saturated heterocycles. The zero-order valence-electron chi connectivity index (χ0n) is 12.4. The van der Waals surface area contributed by atoms with Crippen molar-refractivity contribution in [3.63, 3.8) is 0 Å². The van der Waals surface area contributed by atoms with E-state index in [4.69, 9.17) is 4.74 Å². The fraction of sp³-hybridized carbons (Fsp3) is 0.368. The van der Waals surface area contributed by atoms with Gasteiger partial charge in [-0.15, -0.1) is 0 Å². The van der Waals surface area contributed by atoms with Gasteiger partial charge >= 0.3 is 0 Å². The lowest BCUT2D eigenvalue weighted by Crippen LogP contribution is -2.21. The maximum Gasteiger partial charge on any atom is 0.119 e. The Bertz CT molecular complexity index is 529. The first kappa shape index (κ1) is 14.2. The highest BCUT2D eigenvalue weighted by atomic mass is 16.5. The van der Waals surface area contributed by atoms with Crippen LogP contribution in [0.2, 0.25) is 0 Å². The quantitative estimate of drug-likeness (QED) is 0.799. The van der Waals surface area contributed by atoms with Gasteiger partial charge in [0.25, 0.3) is 0 Å². The minimum absolute atomic E-state index is 0.717. The largest absolute Gasteiger partial charge is 0.494 e. The Hall–Kier alpha value is -1.80. The molecule has 1 N–H and O–H groups in total. The van der Waals surface area contributed by atoms with Gasteiger partial charge in [-0.1, -0.05) is 42.5 Å². The van der Waals surface area contributed by atoms with Gasteiger partial charge in [0, 0.05) is 6.04 Å². The topological polar surface area (TPSA) is 21.3 Å². The molecule has 0 amide bonds. The van der Waals surface area contributed by atoms with Crippen molar-refractivity contribution < 1.29 is 4.74 Å². The smallest absolute Gasteiger partial charge is 0.119 e. The molecule has 0 bridgehead atoms. The van der Waals surface area contributed by atoms with E-state index in [1.54, 1.807) is 0 Å². The van der Waals surface area contributed by atoms with Gasteiger partial charge in [0.2, 0.25) is 0 Å². The van der Waals surface area contributed by atoms with Gasteiger partial charge in [0.15, 0.2) is 0 Å². The van der Waals surface area contributed by atoms with Crippen LogP contribution in [-0.4, -0.2) is 19.2 Å². The molecule has 2 nitrogen and oxygen atoms in total. The molecule has 1 fully saturated rings. The third kappa shape index (κ3) is 4.08. The Morgan fingerprint density at radius 1 is 0.952 bits per heavy atom. The molecule has 0 aromatic heterocycles. The van der Waals surface area contributed by atoms with Crippen molar-refractivity contribution in [3.05, 3.63) is 54.6 Å². The first-order valence-electron chi connectivity index (χ1n) is 7.93. The molecule has 0 radical (unpaired) electrons. The molecule has 110 valence electrons. The van der Waals surface area contributed by atoms with Crippen molar-refractivity contribution in [2.24, 2.45) is 0 Å². The lowest BCUT2D eigenvalue weighted by atomic mass is 10.1. The van der Waals surface area contributed by atoms with Crippen molar-refractivity contribution >= 4 is 0 Å². The summed E-state index contributed by atoms with van der Waals surface area (Å²) in [6.07, 6.45) is 5.00. The van der Waals surface area contributed by atoms with E-state index in [0.717, 1.165) is 18.8 Å². The molecule has 3 rings (SSSR count). The van der Waals surface area contributed by atoms with E-state index < -0.39 is 0 Å². The monoisotopic (exact) mass is 281 g/mol. The van der Waals surface area contributed by atoms with Crippen LogP contribution < -0.4 is 10.1 Å². The first-order chi connectivity index (χ1) is 10.4. The number of nitrogens with one attached hydrogen (secondary N) is 1. The molecule has 0 spiro atoms. The highest BCUT2D eigenvalue weighted by Gasteiger charge is 2.12. The average Bonchev–Trinajstić information content (AvgIpc) is 3.06. The molecule has 1 heterocycles. The molecular weight excluding hydrogens is 258 g/mol. The fourth-order valence-corrected chi connectivity index (χ4v) is 2.90. The summed E-state index contributed by atoms with van der Waals surface area (Å²) in [6.45, 7) is 2.00. The Labute approximate surface area is 127 Å². The van der Waals surface area contributed by atoms with Crippen LogP contribution in [0.15, 0.2) is 54.6 Å². The maximum atomic E-state index is 5.83. The molecule has 21 heavy (non-hydrogen) atoms. The minimum atomic E-state index is 0.717. The summed E-state index contributed by atoms with van der Waals surface area (Å²) in [6, 6.07) is 19.5. The SMILES string of the molecule is c1ccc(-c2ccc(OCCCC3CCCN3)cc2)cc1. The van der Waals surface area contributed by atoms with E-state index in [0.29, 0.717) is 6.04 Å². The van der Waals surface area contributed by atoms with Crippen LogP contribution in [0, 0.1) is 0 Å². The van der Waals surface area contributed by atoms with E-state index in [-0.39, 0.29) is 0 Å². The lowest BCUT2D eigenvalue weighted by Gasteiger charge is -2.11. The van der Waals surface area contributed by atoms with Gasteiger partial charge in [-0.2, -0.15) is 0 Å². The molecular formula is C19H23NO. The first-order valence-corrected chi connectivity index (χ1v) is 7.93. The predicted octanol–water partition coefficient (Wildman–Crippen LogP) is 4.26. The number of ether oxygens (including phenoxy) is 1. The molecule has 2 heteroatoms. The number of hydrogen-bond donors (Lipinski definition) is 1. The van der Waals surface area contributed by atoms with Crippen molar-refractivity contribution in [2.75, 3.05) is 13.2 Å². The third-order valence-electron chi connectivity index (χ3n) is 4.09. The van der Waals surface area contributed by atoms with Crippen LogP contribution in [0.1, 0.15) is 25.7 Å². The second-order valence-corrected chi connectivity index (χ2v) is 5.67. The van der Waals surface area contributed by atoms with Crippen LogP contribution in [0.4, 0.5) is 0 Å². The fourth-order valence-electron chi connectivity index (χ4n) is 2.90. The van der Waals surface area contributed by atoms with Gasteiger partial charge in [0.05, 0.1) is 6.61 Å². The molecule has 1 atom stereocenters. The van der Waals surface area contributed by atoms with Gasteiger partial charge in [-0.25, -0.2) is 0 Å². The normalized spacial score (nSPS) is 17.8. The van der Waals surface area contributed by atoms with E-state index in [1.807, 2.05) is 6.07 Å². The van der Waals surface area contributed by atoms with Crippen molar-refractivity contribution in [3.8, 4) is 16.9 Å². The van der Waals surface area contributed by atoms with Gasteiger partial charge in [-0.3, -0.25) is 0 Å². The number of rotatable bonds is 6. The van der Waals surface area contributed by atoms with Gasteiger partial charge < -0.3 is 10.1 Å². The standard InChI is InChI=1S/C19H23NO/c1-2-6-16(7-3-1)17-10-12-19(13-11-17)21-15-5-9-18-8-4-14-20-18/h1-3,6-7,10-13,18,20H,4-5,8-9,14-15H2. The summed E-state index contributed by atoms with van der Waals surface area (Å²) in [4.78, 5) is 0. The van der Waals surface area contributed by atoms with Crippen LogP contribution in [0.5, 0.6) is 5.75 Å². The summed E-state index contributed by atoms with van der Waals surface area (Å²) in [5, 5.41) is 3.53. The third-order valence-corrected chi connectivity index (χ3v) is 4.09. The van der Waals surface area contributed by atoms with Crippen LogP contribution in [0.25, 0.3) is 11.1 Å². The van der Waals surface area contributed by atoms with Gasteiger partial charge in [-0.05, 0) is 55.5 Å². The van der Waals surface area contributed by atoms with E-state index in [9.17, 15) is 0 Å². The summed E-state index contributed by atoms with van der Waals surface area (Å²) in [5.41, 5.74) is 2.48. The summed E-state index contributed by atoms with van der Waals surface area (Å²) in [7, 11) is 0. The Kier molecular flexibility index (Phi) is 4.90. The molecule has 1 unspecified atom stereocenters. The average molecular weight is 281 g/mol. The molecule has 2 aromatic rings. The Morgan fingerprint density at radius 2 is 1.71 bits per heavy atom. The second-order valence-electron chi connectivity index (χ2n) is 5.67. The molecule has 0 aliphatic carbocycles. The van der Waals surface area contributed by atoms with E-state index >= 15 is 0 Å². The lowest BCUT2D eigenvalue weighted by molar-refractivity contribution is 0.299. The summed E-state index contributed by atoms with van der Waals surface area (Å²) >= 11 is 0. The van der Waals surface area contributed by atoms with Crippen molar-refractivity contribution in [1.29, 1.82) is 0 Å².